The lowest BCUT2D eigenvalue weighted by Gasteiger charge is -2.15. The van der Waals surface area contributed by atoms with Crippen molar-refractivity contribution in [2.24, 2.45) is 0 Å². The molecule has 0 aliphatic rings. The van der Waals surface area contributed by atoms with E-state index in [0.29, 0.717) is 6.61 Å². The number of nitrogens with one attached hydrogen (secondary N) is 1. The number of hydrogen-bond acceptors (Lipinski definition) is 3. The standard InChI is InChI=1S/C14H22BrNO2.ClH/c1-4-6-7-16-10-11-8-12(15)9-13(17-3)14(11)18-5-2;/h8-9,16H,4-7,10H2,1-3H3;1H. The summed E-state index contributed by atoms with van der Waals surface area (Å²) in [6.07, 6.45) is 2.39. The number of rotatable bonds is 8. The third kappa shape index (κ3) is 6.02. The molecule has 1 aromatic carbocycles. The number of methoxy groups -OCH3 is 1. The SMILES string of the molecule is CCCCNCc1cc(Br)cc(OC)c1OCC.Cl. The van der Waals surface area contributed by atoms with E-state index < -0.39 is 0 Å². The van der Waals surface area contributed by atoms with Gasteiger partial charge in [0.1, 0.15) is 0 Å². The van der Waals surface area contributed by atoms with Crippen LogP contribution in [0.2, 0.25) is 0 Å². The van der Waals surface area contributed by atoms with Crippen LogP contribution in [0.5, 0.6) is 11.5 Å². The van der Waals surface area contributed by atoms with Crippen molar-refractivity contribution in [2.75, 3.05) is 20.3 Å². The highest BCUT2D eigenvalue weighted by molar-refractivity contribution is 9.10. The first-order chi connectivity index (χ1) is 8.72. The Morgan fingerprint density at radius 2 is 2.00 bits per heavy atom. The minimum Gasteiger partial charge on any atom is -0.493 e. The first-order valence-corrected chi connectivity index (χ1v) is 7.22. The monoisotopic (exact) mass is 351 g/mol. The van der Waals surface area contributed by atoms with E-state index >= 15 is 0 Å². The van der Waals surface area contributed by atoms with E-state index in [1.54, 1.807) is 7.11 Å². The van der Waals surface area contributed by atoms with E-state index in [4.69, 9.17) is 9.47 Å². The molecule has 1 rings (SSSR count). The lowest BCUT2D eigenvalue weighted by atomic mass is 10.1. The van der Waals surface area contributed by atoms with Crippen molar-refractivity contribution in [3.05, 3.63) is 22.2 Å². The van der Waals surface area contributed by atoms with Gasteiger partial charge >= 0.3 is 0 Å². The Morgan fingerprint density at radius 1 is 1.26 bits per heavy atom. The zero-order chi connectivity index (χ0) is 13.4. The molecule has 0 amide bonds. The molecule has 0 aliphatic carbocycles. The predicted molar refractivity (Wildman–Crippen MR) is 85.7 cm³/mol. The zero-order valence-corrected chi connectivity index (χ0v) is 14.2. The first-order valence-electron chi connectivity index (χ1n) is 6.42. The molecular weight excluding hydrogens is 330 g/mol. The molecule has 0 radical (unpaired) electrons. The van der Waals surface area contributed by atoms with Crippen LogP contribution in [0.4, 0.5) is 0 Å². The summed E-state index contributed by atoms with van der Waals surface area (Å²) >= 11 is 3.50. The van der Waals surface area contributed by atoms with Crippen molar-refractivity contribution in [1.29, 1.82) is 0 Å². The van der Waals surface area contributed by atoms with Gasteiger partial charge in [-0.1, -0.05) is 29.3 Å². The van der Waals surface area contributed by atoms with Crippen molar-refractivity contribution in [3.8, 4) is 11.5 Å². The smallest absolute Gasteiger partial charge is 0.165 e. The average Bonchev–Trinajstić information content (AvgIpc) is 2.37. The van der Waals surface area contributed by atoms with Gasteiger partial charge < -0.3 is 14.8 Å². The van der Waals surface area contributed by atoms with Crippen LogP contribution in [0.1, 0.15) is 32.3 Å². The molecule has 0 heterocycles. The zero-order valence-electron chi connectivity index (χ0n) is 11.8. The highest BCUT2D eigenvalue weighted by Crippen LogP contribution is 2.34. The lowest BCUT2D eigenvalue weighted by Crippen LogP contribution is -2.15. The Morgan fingerprint density at radius 3 is 2.58 bits per heavy atom. The van der Waals surface area contributed by atoms with E-state index in [0.717, 1.165) is 34.6 Å². The molecule has 0 saturated heterocycles. The third-order valence-electron chi connectivity index (χ3n) is 2.63. The van der Waals surface area contributed by atoms with Gasteiger partial charge in [0.25, 0.3) is 0 Å². The van der Waals surface area contributed by atoms with Gasteiger partial charge in [0, 0.05) is 16.6 Å². The van der Waals surface area contributed by atoms with E-state index in [2.05, 4.69) is 34.2 Å². The Labute approximate surface area is 130 Å². The molecule has 0 spiro atoms. The largest absolute Gasteiger partial charge is 0.493 e. The summed E-state index contributed by atoms with van der Waals surface area (Å²) in [6.45, 7) is 6.63. The highest BCUT2D eigenvalue weighted by Gasteiger charge is 2.11. The highest BCUT2D eigenvalue weighted by atomic mass is 79.9. The van der Waals surface area contributed by atoms with Crippen molar-refractivity contribution < 1.29 is 9.47 Å². The quantitative estimate of drug-likeness (QED) is 0.712. The minimum atomic E-state index is 0. The summed E-state index contributed by atoms with van der Waals surface area (Å²) in [4.78, 5) is 0. The fraction of sp³-hybridized carbons (Fsp3) is 0.571. The molecule has 1 N–H and O–H groups in total. The topological polar surface area (TPSA) is 30.5 Å². The second-order valence-electron chi connectivity index (χ2n) is 4.06. The number of ether oxygens (including phenoxy) is 2. The molecule has 5 heteroatoms. The second kappa shape index (κ2) is 10.4. The van der Waals surface area contributed by atoms with Gasteiger partial charge in [-0.3, -0.25) is 0 Å². The van der Waals surface area contributed by atoms with Gasteiger partial charge in [-0.05, 0) is 32.0 Å². The van der Waals surface area contributed by atoms with Crippen molar-refractivity contribution >= 4 is 28.3 Å². The van der Waals surface area contributed by atoms with Crippen LogP contribution >= 0.6 is 28.3 Å². The van der Waals surface area contributed by atoms with Gasteiger partial charge in [-0.25, -0.2) is 0 Å². The molecule has 110 valence electrons. The lowest BCUT2D eigenvalue weighted by molar-refractivity contribution is 0.306. The Hall–Kier alpha value is -0.450. The molecular formula is C14H23BrClNO2. The molecule has 0 atom stereocenters. The van der Waals surface area contributed by atoms with Gasteiger partial charge in [0.15, 0.2) is 11.5 Å². The summed E-state index contributed by atoms with van der Waals surface area (Å²) in [5.41, 5.74) is 1.12. The maximum absolute atomic E-state index is 5.69. The molecule has 3 nitrogen and oxygen atoms in total. The number of benzene rings is 1. The summed E-state index contributed by atoms with van der Waals surface area (Å²) in [7, 11) is 1.67. The van der Waals surface area contributed by atoms with Gasteiger partial charge in [-0.15, -0.1) is 12.4 Å². The molecule has 0 fully saturated rings. The van der Waals surface area contributed by atoms with Crippen molar-refractivity contribution in [1.82, 2.24) is 5.32 Å². The van der Waals surface area contributed by atoms with E-state index in [1.165, 1.54) is 12.8 Å². The molecule has 0 bridgehead atoms. The first kappa shape index (κ1) is 18.6. The Balaban J connectivity index is 0.00000324. The molecule has 19 heavy (non-hydrogen) atoms. The summed E-state index contributed by atoms with van der Waals surface area (Å²) in [5, 5.41) is 3.42. The van der Waals surface area contributed by atoms with Gasteiger partial charge in [0.2, 0.25) is 0 Å². The Bertz CT molecular complexity index is 375. The fourth-order valence-electron chi connectivity index (χ4n) is 1.74. The third-order valence-corrected chi connectivity index (χ3v) is 3.09. The van der Waals surface area contributed by atoms with Crippen LogP contribution in [0, 0.1) is 0 Å². The van der Waals surface area contributed by atoms with Crippen LogP contribution < -0.4 is 14.8 Å². The van der Waals surface area contributed by atoms with Crippen LogP contribution in [-0.2, 0) is 6.54 Å². The van der Waals surface area contributed by atoms with Crippen molar-refractivity contribution in [3.63, 3.8) is 0 Å². The maximum Gasteiger partial charge on any atom is 0.165 e. The van der Waals surface area contributed by atoms with E-state index in [9.17, 15) is 0 Å². The molecule has 0 saturated carbocycles. The summed E-state index contributed by atoms with van der Waals surface area (Å²) < 4.78 is 12.1. The fourth-order valence-corrected chi connectivity index (χ4v) is 2.22. The average molecular weight is 353 g/mol. The molecule has 0 unspecified atom stereocenters. The Kier molecular flexibility index (Phi) is 10.1. The van der Waals surface area contributed by atoms with Gasteiger partial charge in [-0.2, -0.15) is 0 Å². The molecule has 0 aliphatic heterocycles. The predicted octanol–water partition coefficient (Wildman–Crippen LogP) is 4.17. The van der Waals surface area contributed by atoms with E-state index in [1.807, 2.05) is 13.0 Å². The van der Waals surface area contributed by atoms with Gasteiger partial charge in [0.05, 0.1) is 13.7 Å². The van der Waals surface area contributed by atoms with Crippen LogP contribution in [0.3, 0.4) is 0 Å². The van der Waals surface area contributed by atoms with E-state index in [-0.39, 0.29) is 12.4 Å². The number of halogens is 2. The minimum absolute atomic E-state index is 0. The second-order valence-corrected chi connectivity index (χ2v) is 4.98. The maximum atomic E-state index is 5.69. The van der Waals surface area contributed by atoms with Crippen LogP contribution in [0.25, 0.3) is 0 Å². The molecule has 0 aromatic heterocycles. The summed E-state index contributed by atoms with van der Waals surface area (Å²) in [5.74, 6) is 1.62. The summed E-state index contributed by atoms with van der Waals surface area (Å²) in [6, 6.07) is 4.01. The molecule has 1 aromatic rings. The van der Waals surface area contributed by atoms with Crippen LogP contribution in [-0.4, -0.2) is 20.3 Å². The van der Waals surface area contributed by atoms with Crippen molar-refractivity contribution in [2.45, 2.75) is 33.2 Å². The normalized spacial score (nSPS) is 9.89. The van der Waals surface area contributed by atoms with Crippen LogP contribution in [0.15, 0.2) is 16.6 Å². The number of hydrogen-bond donors (Lipinski definition) is 1. The number of unbranched alkanes of at least 4 members (excludes halogenated alkanes) is 1.